The van der Waals surface area contributed by atoms with Crippen molar-refractivity contribution in [2.45, 2.75) is 45.1 Å². The zero-order chi connectivity index (χ0) is 15.6. The molecule has 0 radical (unpaired) electrons. The molecule has 22 heavy (non-hydrogen) atoms. The topological polar surface area (TPSA) is 94.8 Å². The fourth-order valence-corrected chi connectivity index (χ4v) is 3.89. The molecular weight excluding hydrogens is 286 g/mol. The van der Waals surface area contributed by atoms with Gasteiger partial charge in [0.1, 0.15) is 11.6 Å². The molecule has 0 aliphatic carbocycles. The third kappa shape index (κ3) is 1.40. The lowest BCUT2D eigenvalue weighted by atomic mass is 9.85. The first-order chi connectivity index (χ1) is 10.5. The number of rotatable bonds is 2. The Morgan fingerprint density at radius 3 is 2.95 bits per heavy atom. The van der Waals surface area contributed by atoms with Crippen LogP contribution in [0.25, 0.3) is 0 Å². The van der Waals surface area contributed by atoms with Crippen LogP contribution < -0.4 is 11.2 Å². The van der Waals surface area contributed by atoms with Gasteiger partial charge in [-0.2, -0.15) is 0 Å². The van der Waals surface area contributed by atoms with Crippen LogP contribution in [0, 0.1) is 12.8 Å². The monoisotopic (exact) mass is 303 g/mol. The summed E-state index contributed by atoms with van der Waals surface area (Å²) in [5.74, 6) is 0.173. The van der Waals surface area contributed by atoms with Crippen molar-refractivity contribution in [3.63, 3.8) is 0 Å². The molecule has 4 heterocycles. The Balaban J connectivity index is 1.90. The molecule has 2 bridgehead atoms. The highest BCUT2D eigenvalue weighted by atomic mass is 16.5. The lowest BCUT2D eigenvalue weighted by Gasteiger charge is -2.31. The Morgan fingerprint density at radius 1 is 1.45 bits per heavy atom. The van der Waals surface area contributed by atoms with Gasteiger partial charge in [-0.15, -0.1) is 5.10 Å². The molecule has 1 fully saturated rings. The van der Waals surface area contributed by atoms with Gasteiger partial charge in [-0.25, -0.2) is 9.48 Å². The van der Waals surface area contributed by atoms with Crippen molar-refractivity contribution in [1.29, 1.82) is 0 Å². The van der Waals surface area contributed by atoms with Crippen molar-refractivity contribution in [1.82, 2.24) is 24.5 Å². The molecule has 116 valence electrons. The Labute approximate surface area is 125 Å². The number of H-pyrrole nitrogens is 1. The zero-order valence-corrected chi connectivity index (χ0v) is 12.6. The minimum atomic E-state index is -0.493. The van der Waals surface area contributed by atoms with Gasteiger partial charge in [0.2, 0.25) is 0 Å². The second-order valence-electron chi connectivity index (χ2n) is 6.07. The Morgan fingerprint density at radius 2 is 2.23 bits per heavy atom. The molecule has 4 rings (SSSR count). The van der Waals surface area contributed by atoms with Gasteiger partial charge in [0.05, 0.1) is 11.9 Å². The number of ether oxygens (including phenoxy) is 1. The first-order valence-corrected chi connectivity index (χ1v) is 7.40. The van der Waals surface area contributed by atoms with Crippen LogP contribution in [-0.4, -0.2) is 24.5 Å². The molecule has 2 aliphatic heterocycles. The van der Waals surface area contributed by atoms with E-state index in [4.69, 9.17) is 4.74 Å². The van der Waals surface area contributed by atoms with Crippen molar-refractivity contribution in [3.8, 4) is 0 Å². The van der Waals surface area contributed by atoms with Gasteiger partial charge in [-0.1, -0.05) is 19.1 Å². The van der Waals surface area contributed by atoms with Crippen molar-refractivity contribution < 1.29 is 4.74 Å². The van der Waals surface area contributed by atoms with E-state index in [1.54, 1.807) is 19.3 Å². The van der Waals surface area contributed by atoms with Gasteiger partial charge in [0, 0.05) is 17.7 Å². The van der Waals surface area contributed by atoms with Gasteiger partial charge < -0.3 is 4.74 Å². The lowest BCUT2D eigenvalue weighted by Crippen LogP contribution is -2.38. The number of hydrogen-bond acceptors (Lipinski definition) is 5. The van der Waals surface area contributed by atoms with Gasteiger partial charge >= 0.3 is 5.69 Å². The van der Waals surface area contributed by atoms with E-state index in [9.17, 15) is 9.59 Å². The van der Waals surface area contributed by atoms with E-state index in [0.717, 1.165) is 12.1 Å². The summed E-state index contributed by atoms with van der Waals surface area (Å²) in [5.41, 5.74) is 0.112. The van der Waals surface area contributed by atoms with E-state index in [1.807, 2.05) is 4.68 Å². The number of nitrogens with one attached hydrogen (secondary N) is 1. The van der Waals surface area contributed by atoms with E-state index < -0.39 is 17.5 Å². The smallest absolute Gasteiger partial charge is 0.330 e. The van der Waals surface area contributed by atoms with Crippen LogP contribution in [0.15, 0.2) is 22.0 Å². The van der Waals surface area contributed by atoms with Gasteiger partial charge in [-0.3, -0.25) is 14.3 Å². The van der Waals surface area contributed by atoms with Crippen LogP contribution in [0.2, 0.25) is 0 Å². The summed E-state index contributed by atoms with van der Waals surface area (Å²) in [6.07, 6.45) is 3.56. The molecule has 2 aliphatic rings. The molecule has 1 N–H and O–H groups in total. The van der Waals surface area contributed by atoms with Crippen LogP contribution in [0.4, 0.5) is 0 Å². The maximum absolute atomic E-state index is 12.2. The highest BCUT2D eigenvalue weighted by molar-refractivity contribution is 5.23. The van der Waals surface area contributed by atoms with E-state index >= 15 is 0 Å². The number of aromatic nitrogens is 5. The highest BCUT2D eigenvalue weighted by Crippen LogP contribution is 2.60. The largest absolute Gasteiger partial charge is 0.342 e. The first kappa shape index (κ1) is 13.4. The Kier molecular flexibility index (Phi) is 2.54. The third-order valence-corrected chi connectivity index (χ3v) is 5.11. The zero-order valence-electron chi connectivity index (χ0n) is 12.6. The number of aryl methyl sites for hydroxylation is 1. The van der Waals surface area contributed by atoms with Gasteiger partial charge in [-0.05, 0) is 13.3 Å². The predicted molar refractivity (Wildman–Crippen MR) is 76.4 cm³/mol. The quantitative estimate of drug-likeness (QED) is 0.869. The van der Waals surface area contributed by atoms with Gasteiger partial charge in [0.25, 0.3) is 5.56 Å². The minimum absolute atomic E-state index is 0.111. The molecule has 2 aromatic heterocycles. The lowest BCUT2D eigenvalue weighted by molar-refractivity contribution is -0.112. The van der Waals surface area contributed by atoms with Crippen LogP contribution >= 0.6 is 0 Å². The standard InChI is InChI=1S/C14H17N5O3/c1-4-14-8(3)10(19-9(14)5-15-17-19)12(22-14)18-6-7(2)11(20)16-13(18)21/h5-6,8,10,12H,4H2,1-3H3,(H,16,20,21)/t8?,10-,12+,14-/m0/s1. The first-order valence-electron chi connectivity index (χ1n) is 7.40. The molecule has 0 aromatic carbocycles. The average molecular weight is 303 g/mol. The summed E-state index contributed by atoms with van der Waals surface area (Å²) in [5, 5.41) is 8.15. The predicted octanol–water partition coefficient (Wildman–Crippen LogP) is 0.462. The highest BCUT2D eigenvalue weighted by Gasteiger charge is 2.62. The summed E-state index contributed by atoms with van der Waals surface area (Å²) >= 11 is 0. The van der Waals surface area contributed by atoms with E-state index in [0.29, 0.717) is 5.56 Å². The van der Waals surface area contributed by atoms with E-state index in [2.05, 4.69) is 29.1 Å². The van der Waals surface area contributed by atoms with E-state index in [-0.39, 0.29) is 17.5 Å². The SMILES string of the molecule is CC[C@]12O[C@@H](n3cc(C)c(=O)[nH]c3=O)[C@H](C1C)n1nncc12. The molecular formula is C14H17N5O3. The van der Waals surface area contributed by atoms with E-state index in [1.165, 1.54) is 4.57 Å². The number of fused-ring (bicyclic) bond motifs is 5. The molecule has 1 unspecified atom stereocenters. The van der Waals surface area contributed by atoms with Crippen molar-refractivity contribution >= 4 is 0 Å². The fraction of sp³-hybridized carbons (Fsp3) is 0.571. The molecule has 8 heteroatoms. The third-order valence-electron chi connectivity index (χ3n) is 5.11. The molecule has 4 atom stereocenters. The molecule has 2 aromatic rings. The summed E-state index contributed by atoms with van der Waals surface area (Å²) in [7, 11) is 0. The number of aromatic amines is 1. The second-order valence-corrected chi connectivity index (χ2v) is 6.07. The maximum Gasteiger partial charge on any atom is 0.330 e. The normalized spacial score (nSPS) is 32.4. The van der Waals surface area contributed by atoms with Crippen LogP contribution in [0.5, 0.6) is 0 Å². The second kappa shape index (κ2) is 4.16. The Hall–Kier alpha value is -2.22. The summed E-state index contributed by atoms with van der Waals surface area (Å²) in [4.78, 5) is 26.1. The number of nitrogens with zero attached hydrogens (tertiary/aromatic N) is 4. The summed E-state index contributed by atoms with van der Waals surface area (Å²) < 4.78 is 9.61. The van der Waals surface area contributed by atoms with Crippen LogP contribution in [0.3, 0.4) is 0 Å². The molecule has 8 nitrogen and oxygen atoms in total. The number of hydrogen-bond donors (Lipinski definition) is 1. The van der Waals surface area contributed by atoms with Crippen molar-refractivity contribution in [3.05, 3.63) is 44.5 Å². The molecule has 1 saturated heterocycles. The van der Waals surface area contributed by atoms with Crippen LogP contribution in [-0.2, 0) is 10.3 Å². The van der Waals surface area contributed by atoms with Crippen molar-refractivity contribution in [2.75, 3.05) is 0 Å². The minimum Gasteiger partial charge on any atom is -0.342 e. The maximum atomic E-state index is 12.2. The molecule has 0 saturated carbocycles. The Bertz CT molecular complexity index is 866. The van der Waals surface area contributed by atoms with Crippen LogP contribution in [0.1, 0.15) is 43.8 Å². The summed E-state index contributed by atoms with van der Waals surface area (Å²) in [6, 6.07) is -0.111. The van der Waals surface area contributed by atoms with Crippen molar-refractivity contribution in [2.24, 2.45) is 5.92 Å². The van der Waals surface area contributed by atoms with Gasteiger partial charge in [0.15, 0.2) is 6.23 Å². The molecule has 0 spiro atoms. The summed E-state index contributed by atoms with van der Waals surface area (Å²) in [6.45, 7) is 5.83. The molecule has 0 amide bonds. The fourth-order valence-electron chi connectivity index (χ4n) is 3.89. The average Bonchev–Trinajstić information content (AvgIpc) is 3.12.